The summed E-state index contributed by atoms with van der Waals surface area (Å²) >= 11 is 0. The highest BCUT2D eigenvalue weighted by molar-refractivity contribution is 5.93. The monoisotopic (exact) mass is 389 g/mol. The average molecular weight is 389 g/mol. The van der Waals surface area contributed by atoms with Gasteiger partial charge in [0, 0.05) is 24.8 Å². The molecule has 0 bridgehead atoms. The van der Waals surface area contributed by atoms with E-state index >= 15 is 0 Å². The summed E-state index contributed by atoms with van der Waals surface area (Å²) in [7, 11) is 3.77. The summed E-state index contributed by atoms with van der Waals surface area (Å²) < 4.78 is 5.51. The third-order valence-electron chi connectivity index (χ3n) is 5.41. The largest absolute Gasteiger partial charge is 0.496 e. The van der Waals surface area contributed by atoms with Crippen LogP contribution in [0.15, 0.2) is 60.9 Å². The number of anilines is 1. The number of carbonyl (C=O) groups is 1. The van der Waals surface area contributed by atoms with Crippen LogP contribution in [-0.4, -0.2) is 41.7 Å². The smallest absolute Gasteiger partial charge is 0.337 e. The van der Waals surface area contributed by atoms with Crippen molar-refractivity contribution < 1.29 is 14.6 Å². The zero-order valence-corrected chi connectivity index (χ0v) is 16.4. The van der Waals surface area contributed by atoms with Gasteiger partial charge in [-0.2, -0.15) is 0 Å². The van der Waals surface area contributed by atoms with Crippen LogP contribution in [0.4, 0.5) is 5.69 Å². The number of nitrogens with one attached hydrogen (secondary N) is 1. The van der Waals surface area contributed by atoms with Gasteiger partial charge in [0.1, 0.15) is 5.75 Å². The van der Waals surface area contributed by atoms with E-state index in [0.717, 1.165) is 23.4 Å². The zero-order chi connectivity index (χ0) is 20.4. The van der Waals surface area contributed by atoms with Gasteiger partial charge in [-0.1, -0.05) is 30.3 Å². The summed E-state index contributed by atoms with van der Waals surface area (Å²) in [5.41, 5.74) is 5.48. The van der Waals surface area contributed by atoms with Gasteiger partial charge < -0.3 is 15.2 Å². The Hall–Kier alpha value is -3.38. The topological polar surface area (TPSA) is 74.7 Å². The summed E-state index contributed by atoms with van der Waals surface area (Å²) in [6.45, 7) is 1.44. The van der Waals surface area contributed by atoms with Gasteiger partial charge in [-0.3, -0.25) is 9.88 Å². The lowest BCUT2D eigenvalue weighted by Crippen LogP contribution is -2.24. The fraction of sp³-hybridized carbons (Fsp3) is 0.217. The molecule has 0 unspecified atom stereocenters. The Morgan fingerprint density at radius 2 is 2.10 bits per heavy atom. The van der Waals surface area contributed by atoms with Crippen LogP contribution < -0.4 is 10.1 Å². The number of nitrogens with zero attached hydrogens (tertiary/aromatic N) is 2. The first kappa shape index (κ1) is 19.0. The number of aromatic nitrogens is 1. The molecule has 148 valence electrons. The molecule has 2 aromatic carbocycles. The Bertz CT molecular complexity index is 1050. The van der Waals surface area contributed by atoms with E-state index in [-0.39, 0.29) is 11.6 Å². The van der Waals surface area contributed by atoms with Crippen molar-refractivity contribution in [2.75, 3.05) is 26.0 Å². The number of hydrogen-bond donors (Lipinski definition) is 2. The molecule has 1 aliphatic heterocycles. The lowest BCUT2D eigenvalue weighted by molar-refractivity contribution is 0.0697. The van der Waals surface area contributed by atoms with Crippen molar-refractivity contribution in [1.29, 1.82) is 0 Å². The van der Waals surface area contributed by atoms with E-state index in [4.69, 9.17) is 4.74 Å². The number of carboxylic acid groups (broad SMARTS) is 1. The molecule has 4 rings (SSSR count). The Morgan fingerprint density at radius 1 is 1.28 bits per heavy atom. The fourth-order valence-corrected chi connectivity index (χ4v) is 3.93. The summed E-state index contributed by atoms with van der Waals surface area (Å²) in [5, 5.41) is 12.6. The molecule has 0 saturated carbocycles. The predicted molar refractivity (Wildman–Crippen MR) is 112 cm³/mol. The molecule has 0 radical (unpaired) electrons. The molecule has 2 N–H and O–H groups in total. The molecule has 0 spiro atoms. The molecule has 29 heavy (non-hydrogen) atoms. The molecule has 3 aromatic rings. The minimum absolute atomic E-state index is 0.151. The van der Waals surface area contributed by atoms with Crippen molar-refractivity contribution in [2.45, 2.75) is 12.6 Å². The summed E-state index contributed by atoms with van der Waals surface area (Å²) in [5.74, 6) is -0.105. The van der Waals surface area contributed by atoms with Crippen LogP contribution in [0, 0.1) is 0 Å². The van der Waals surface area contributed by atoms with Gasteiger partial charge in [0.15, 0.2) is 0 Å². The number of carboxylic acids is 1. The van der Waals surface area contributed by atoms with Crippen LogP contribution >= 0.6 is 0 Å². The van der Waals surface area contributed by atoms with Gasteiger partial charge in [0.2, 0.25) is 0 Å². The first-order chi connectivity index (χ1) is 14.1. The van der Waals surface area contributed by atoms with E-state index in [0.29, 0.717) is 12.2 Å². The van der Waals surface area contributed by atoms with Crippen molar-refractivity contribution in [3.63, 3.8) is 0 Å². The van der Waals surface area contributed by atoms with E-state index in [9.17, 15) is 9.90 Å². The van der Waals surface area contributed by atoms with Crippen LogP contribution in [0.25, 0.3) is 11.1 Å². The first-order valence-electron chi connectivity index (χ1n) is 9.46. The van der Waals surface area contributed by atoms with Gasteiger partial charge in [-0.15, -0.1) is 0 Å². The molecule has 1 atom stereocenters. The molecule has 1 aliphatic rings. The quantitative estimate of drug-likeness (QED) is 0.662. The molecule has 0 amide bonds. The highest BCUT2D eigenvalue weighted by atomic mass is 16.5. The van der Waals surface area contributed by atoms with Crippen molar-refractivity contribution in [3.05, 3.63) is 77.6 Å². The van der Waals surface area contributed by atoms with Crippen molar-refractivity contribution >= 4 is 11.7 Å². The summed E-state index contributed by atoms with van der Waals surface area (Å²) in [4.78, 5) is 17.7. The van der Waals surface area contributed by atoms with Crippen molar-refractivity contribution in [1.82, 2.24) is 9.88 Å². The maximum absolute atomic E-state index is 11.4. The number of methoxy groups -OCH3 is 1. The van der Waals surface area contributed by atoms with Gasteiger partial charge in [-0.25, -0.2) is 4.79 Å². The number of likely N-dealkylation sites (N-methyl/N-ethyl adjacent to an activating group) is 1. The molecule has 6 heteroatoms. The minimum atomic E-state index is -0.962. The molecule has 2 heterocycles. The second-order valence-corrected chi connectivity index (χ2v) is 7.15. The summed E-state index contributed by atoms with van der Waals surface area (Å²) in [6, 6.07) is 16.2. The number of ether oxygens (including phenoxy) is 1. The number of benzene rings is 2. The zero-order valence-electron chi connectivity index (χ0n) is 16.4. The second-order valence-electron chi connectivity index (χ2n) is 7.15. The molecule has 0 saturated heterocycles. The molecular weight excluding hydrogens is 366 g/mol. The molecule has 0 aliphatic carbocycles. The van der Waals surface area contributed by atoms with E-state index in [1.807, 2.05) is 18.2 Å². The fourth-order valence-electron chi connectivity index (χ4n) is 3.93. The van der Waals surface area contributed by atoms with E-state index in [2.05, 4.69) is 46.5 Å². The number of hydrogen-bond acceptors (Lipinski definition) is 5. The SMILES string of the molecule is COc1ccccc1-c1ccc2c(c1)CN(C)[C@@H]2CNc1cnccc1C(=O)O. The van der Waals surface area contributed by atoms with E-state index in [1.165, 1.54) is 23.4 Å². The minimum Gasteiger partial charge on any atom is -0.496 e. The molecule has 6 nitrogen and oxygen atoms in total. The van der Waals surface area contributed by atoms with Crippen molar-refractivity contribution in [2.24, 2.45) is 0 Å². The molecule has 0 fully saturated rings. The van der Waals surface area contributed by atoms with Crippen LogP contribution in [-0.2, 0) is 6.54 Å². The summed E-state index contributed by atoms with van der Waals surface area (Å²) in [6.07, 6.45) is 3.05. The Labute approximate surface area is 169 Å². The second kappa shape index (κ2) is 7.93. The van der Waals surface area contributed by atoms with Crippen molar-refractivity contribution in [3.8, 4) is 16.9 Å². The van der Waals surface area contributed by atoms with Crippen LogP contribution in [0.3, 0.4) is 0 Å². The molecular formula is C23H23N3O3. The van der Waals surface area contributed by atoms with Gasteiger partial charge in [0.05, 0.1) is 30.6 Å². The third kappa shape index (κ3) is 3.67. The Balaban J connectivity index is 1.58. The number of para-hydroxylation sites is 1. The number of fused-ring (bicyclic) bond motifs is 1. The average Bonchev–Trinajstić information content (AvgIpc) is 3.06. The molecule has 1 aromatic heterocycles. The number of pyridine rings is 1. The van der Waals surface area contributed by atoms with Crippen LogP contribution in [0.1, 0.15) is 27.5 Å². The van der Waals surface area contributed by atoms with E-state index in [1.54, 1.807) is 13.3 Å². The van der Waals surface area contributed by atoms with Crippen LogP contribution in [0.5, 0.6) is 5.75 Å². The standard InChI is InChI=1S/C23H23N3O3/c1-26-14-16-11-15(18-5-3-4-6-22(18)29-2)7-8-17(16)21(26)13-25-20-12-24-10-9-19(20)23(27)28/h3-12,21,25H,13-14H2,1-2H3,(H,27,28)/t21-/m1/s1. The highest BCUT2D eigenvalue weighted by Crippen LogP contribution is 2.37. The third-order valence-corrected chi connectivity index (χ3v) is 5.41. The van der Waals surface area contributed by atoms with Gasteiger partial charge in [-0.05, 0) is 41.9 Å². The Morgan fingerprint density at radius 3 is 2.90 bits per heavy atom. The number of rotatable bonds is 6. The lowest BCUT2D eigenvalue weighted by Gasteiger charge is -2.22. The highest BCUT2D eigenvalue weighted by Gasteiger charge is 2.28. The van der Waals surface area contributed by atoms with Gasteiger partial charge >= 0.3 is 5.97 Å². The normalized spacial score (nSPS) is 15.7. The van der Waals surface area contributed by atoms with E-state index < -0.39 is 5.97 Å². The first-order valence-corrected chi connectivity index (χ1v) is 9.46. The maximum Gasteiger partial charge on any atom is 0.337 e. The van der Waals surface area contributed by atoms with Crippen LogP contribution in [0.2, 0.25) is 0 Å². The Kier molecular flexibility index (Phi) is 5.18. The number of aromatic carboxylic acids is 1. The predicted octanol–water partition coefficient (Wildman–Crippen LogP) is 4.05. The van der Waals surface area contributed by atoms with Gasteiger partial charge in [0.25, 0.3) is 0 Å². The lowest BCUT2D eigenvalue weighted by atomic mass is 9.97. The maximum atomic E-state index is 11.4.